The molecule has 0 fully saturated rings. The number of rotatable bonds is 9. The Morgan fingerprint density at radius 1 is 1.11 bits per heavy atom. The van der Waals surface area contributed by atoms with Crippen LogP contribution in [-0.4, -0.2) is 19.1 Å². The standard InChI is InChI=1S/C22H26ClNO3/c1-4-6-13-27-20-11-8-17(14-21(20)26-5-2)9-12-22(25)24-18-10-7-16(3)19(23)15-18/h7-12,14-15H,4-6,13H2,1-3H3,(H,24,25)/b12-9+. The summed E-state index contributed by atoms with van der Waals surface area (Å²) in [5.41, 5.74) is 2.49. The van der Waals surface area contributed by atoms with Crippen LogP contribution < -0.4 is 14.8 Å². The minimum Gasteiger partial charge on any atom is -0.490 e. The number of hydrogen-bond acceptors (Lipinski definition) is 3. The maximum atomic E-state index is 12.1. The van der Waals surface area contributed by atoms with Crippen molar-refractivity contribution in [3.63, 3.8) is 0 Å². The summed E-state index contributed by atoms with van der Waals surface area (Å²) in [5.74, 6) is 1.18. The number of ether oxygens (including phenoxy) is 2. The molecule has 144 valence electrons. The van der Waals surface area contributed by atoms with Gasteiger partial charge in [0.15, 0.2) is 11.5 Å². The molecule has 27 heavy (non-hydrogen) atoms. The van der Waals surface area contributed by atoms with E-state index in [0.29, 0.717) is 29.7 Å². The highest BCUT2D eigenvalue weighted by Crippen LogP contribution is 2.29. The molecule has 0 radical (unpaired) electrons. The highest BCUT2D eigenvalue weighted by atomic mass is 35.5. The van der Waals surface area contributed by atoms with Crippen molar-refractivity contribution in [3.8, 4) is 11.5 Å². The number of carbonyl (C=O) groups excluding carboxylic acids is 1. The largest absolute Gasteiger partial charge is 0.490 e. The van der Waals surface area contributed by atoms with Gasteiger partial charge in [0.1, 0.15) is 0 Å². The molecule has 2 aromatic rings. The number of nitrogens with one attached hydrogen (secondary N) is 1. The first-order chi connectivity index (χ1) is 13.0. The average Bonchev–Trinajstić information content (AvgIpc) is 2.65. The number of carbonyl (C=O) groups is 1. The summed E-state index contributed by atoms with van der Waals surface area (Å²) in [7, 11) is 0. The Morgan fingerprint density at radius 2 is 1.93 bits per heavy atom. The van der Waals surface area contributed by atoms with Crippen LogP contribution in [0.2, 0.25) is 5.02 Å². The Kier molecular flexibility index (Phi) is 8.21. The fourth-order valence-electron chi connectivity index (χ4n) is 2.37. The topological polar surface area (TPSA) is 47.6 Å². The number of hydrogen-bond donors (Lipinski definition) is 1. The van der Waals surface area contributed by atoms with E-state index in [4.69, 9.17) is 21.1 Å². The summed E-state index contributed by atoms with van der Waals surface area (Å²) in [6, 6.07) is 11.1. The summed E-state index contributed by atoms with van der Waals surface area (Å²) in [6.07, 6.45) is 5.29. The van der Waals surface area contributed by atoms with Crippen LogP contribution in [0.5, 0.6) is 11.5 Å². The van der Waals surface area contributed by atoms with E-state index >= 15 is 0 Å². The van der Waals surface area contributed by atoms with E-state index in [9.17, 15) is 4.79 Å². The van der Waals surface area contributed by atoms with Gasteiger partial charge in [-0.2, -0.15) is 0 Å². The molecule has 0 saturated heterocycles. The molecule has 4 nitrogen and oxygen atoms in total. The van der Waals surface area contributed by atoms with Gasteiger partial charge >= 0.3 is 0 Å². The predicted molar refractivity (Wildman–Crippen MR) is 112 cm³/mol. The van der Waals surface area contributed by atoms with Crippen molar-refractivity contribution in [1.29, 1.82) is 0 Å². The molecule has 5 heteroatoms. The van der Waals surface area contributed by atoms with Crippen molar-refractivity contribution in [1.82, 2.24) is 0 Å². The van der Waals surface area contributed by atoms with Crippen molar-refractivity contribution < 1.29 is 14.3 Å². The molecule has 0 saturated carbocycles. The van der Waals surface area contributed by atoms with Crippen LogP contribution >= 0.6 is 11.6 Å². The maximum absolute atomic E-state index is 12.1. The zero-order valence-electron chi connectivity index (χ0n) is 16.0. The Hall–Kier alpha value is -2.46. The molecule has 0 aromatic heterocycles. The second kappa shape index (κ2) is 10.6. The molecule has 0 unspecified atom stereocenters. The third-order valence-corrected chi connectivity index (χ3v) is 4.30. The average molecular weight is 388 g/mol. The highest BCUT2D eigenvalue weighted by Gasteiger charge is 2.06. The fraction of sp³-hybridized carbons (Fsp3) is 0.318. The Labute approximate surface area is 166 Å². The van der Waals surface area contributed by atoms with Crippen molar-refractivity contribution in [2.75, 3.05) is 18.5 Å². The van der Waals surface area contributed by atoms with Crippen molar-refractivity contribution in [3.05, 3.63) is 58.6 Å². The molecule has 0 spiro atoms. The lowest BCUT2D eigenvalue weighted by molar-refractivity contribution is -0.111. The van der Waals surface area contributed by atoms with Crippen LogP contribution in [0.15, 0.2) is 42.5 Å². The van der Waals surface area contributed by atoms with E-state index in [0.717, 1.165) is 29.7 Å². The van der Waals surface area contributed by atoms with E-state index in [-0.39, 0.29) is 5.91 Å². The van der Waals surface area contributed by atoms with Gasteiger partial charge in [0, 0.05) is 16.8 Å². The van der Waals surface area contributed by atoms with Crippen LogP contribution in [0.1, 0.15) is 37.8 Å². The van der Waals surface area contributed by atoms with Crippen molar-refractivity contribution in [2.45, 2.75) is 33.6 Å². The zero-order valence-corrected chi connectivity index (χ0v) is 16.8. The summed E-state index contributed by atoms with van der Waals surface area (Å²) < 4.78 is 11.4. The lowest BCUT2D eigenvalue weighted by atomic mass is 10.2. The second-order valence-electron chi connectivity index (χ2n) is 6.13. The number of amides is 1. The van der Waals surface area contributed by atoms with E-state index in [1.807, 2.05) is 44.2 Å². The van der Waals surface area contributed by atoms with Gasteiger partial charge in [0.05, 0.1) is 13.2 Å². The van der Waals surface area contributed by atoms with E-state index < -0.39 is 0 Å². The van der Waals surface area contributed by atoms with Gasteiger partial charge in [-0.1, -0.05) is 37.1 Å². The van der Waals surface area contributed by atoms with Gasteiger partial charge in [-0.25, -0.2) is 0 Å². The van der Waals surface area contributed by atoms with Gasteiger partial charge in [-0.05, 0) is 61.7 Å². The monoisotopic (exact) mass is 387 g/mol. The second-order valence-corrected chi connectivity index (χ2v) is 6.53. The fourth-order valence-corrected chi connectivity index (χ4v) is 2.55. The molecular weight excluding hydrogens is 362 g/mol. The van der Waals surface area contributed by atoms with Gasteiger partial charge in [-0.3, -0.25) is 4.79 Å². The minimum absolute atomic E-state index is 0.226. The Morgan fingerprint density at radius 3 is 2.63 bits per heavy atom. The molecule has 2 rings (SSSR count). The lowest BCUT2D eigenvalue weighted by Crippen LogP contribution is -2.07. The summed E-state index contributed by atoms with van der Waals surface area (Å²) in [5, 5.41) is 3.42. The normalized spacial score (nSPS) is 10.8. The number of anilines is 1. The molecule has 1 amide bonds. The third kappa shape index (κ3) is 6.65. The minimum atomic E-state index is -0.226. The first kappa shape index (κ1) is 20.8. The van der Waals surface area contributed by atoms with Gasteiger partial charge in [0.2, 0.25) is 5.91 Å². The van der Waals surface area contributed by atoms with E-state index in [1.165, 1.54) is 6.08 Å². The lowest BCUT2D eigenvalue weighted by Gasteiger charge is -2.12. The van der Waals surface area contributed by atoms with Crippen molar-refractivity contribution >= 4 is 29.3 Å². The van der Waals surface area contributed by atoms with E-state index in [2.05, 4.69) is 12.2 Å². The molecule has 0 heterocycles. The van der Waals surface area contributed by atoms with Gasteiger partial charge in [-0.15, -0.1) is 0 Å². The molecule has 0 aliphatic carbocycles. The number of aryl methyl sites for hydroxylation is 1. The smallest absolute Gasteiger partial charge is 0.248 e. The van der Waals surface area contributed by atoms with Gasteiger partial charge in [0.25, 0.3) is 0 Å². The highest BCUT2D eigenvalue weighted by molar-refractivity contribution is 6.31. The summed E-state index contributed by atoms with van der Waals surface area (Å²) in [4.78, 5) is 12.1. The SMILES string of the molecule is CCCCOc1ccc(/C=C/C(=O)Nc2ccc(C)c(Cl)c2)cc1OCC. The van der Waals surface area contributed by atoms with Crippen LogP contribution in [0.3, 0.4) is 0 Å². The predicted octanol–water partition coefficient (Wildman–Crippen LogP) is 5.88. The third-order valence-electron chi connectivity index (χ3n) is 3.89. The van der Waals surface area contributed by atoms with Crippen LogP contribution in [0.4, 0.5) is 5.69 Å². The molecule has 0 bridgehead atoms. The van der Waals surface area contributed by atoms with Crippen LogP contribution in [-0.2, 0) is 4.79 Å². The quantitative estimate of drug-likeness (QED) is 0.431. The van der Waals surface area contributed by atoms with Crippen molar-refractivity contribution in [2.24, 2.45) is 0 Å². The molecule has 2 aromatic carbocycles. The molecule has 1 N–H and O–H groups in total. The molecule has 0 aliphatic heterocycles. The zero-order chi connectivity index (χ0) is 19.6. The summed E-state index contributed by atoms with van der Waals surface area (Å²) >= 11 is 6.08. The Bertz CT molecular complexity index is 802. The first-order valence-corrected chi connectivity index (χ1v) is 9.56. The summed E-state index contributed by atoms with van der Waals surface area (Å²) in [6.45, 7) is 7.17. The van der Waals surface area contributed by atoms with Crippen LogP contribution in [0.25, 0.3) is 6.08 Å². The van der Waals surface area contributed by atoms with Gasteiger partial charge < -0.3 is 14.8 Å². The van der Waals surface area contributed by atoms with E-state index in [1.54, 1.807) is 12.1 Å². The molecule has 0 aliphatic rings. The molecular formula is C22H26ClNO3. The maximum Gasteiger partial charge on any atom is 0.248 e. The van der Waals surface area contributed by atoms with Crippen LogP contribution in [0, 0.1) is 6.92 Å². The molecule has 0 atom stereocenters. The number of unbranched alkanes of at least 4 members (excludes halogenated alkanes) is 1. The Balaban J connectivity index is 2.04. The first-order valence-electron chi connectivity index (χ1n) is 9.18. The number of benzene rings is 2. The number of halogens is 1.